The van der Waals surface area contributed by atoms with E-state index in [0.717, 1.165) is 17.6 Å². The van der Waals surface area contributed by atoms with Crippen LogP contribution in [0.5, 0.6) is 0 Å². The van der Waals surface area contributed by atoms with E-state index < -0.39 is 0 Å². The van der Waals surface area contributed by atoms with E-state index in [4.69, 9.17) is 5.26 Å². The van der Waals surface area contributed by atoms with Crippen LogP contribution in [0.15, 0.2) is 36.0 Å². The summed E-state index contributed by atoms with van der Waals surface area (Å²) in [6.07, 6.45) is 2.78. The zero-order chi connectivity index (χ0) is 14.0. The zero-order valence-corrected chi connectivity index (χ0v) is 11.6. The number of carbonyl (C=O) groups is 1. The Morgan fingerprint density at radius 1 is 1.32 bits per heavy atom. The number of ketones is 1. The molecule has 0 unspecified atom stereocenters. The Balaban J connectivity index is 2.36. The highest BCUT2D eigenvalue weighted by Gasteiger charge is 2.35. The minimum absolute atomic E-state index is 0.0758. The third kappa shape index (κ3) is 2.68. The van der Waals surface area contributed by atoms with Crippen molar-refractivity contribution in [2.24, 2.45) is 5.92 Å². The summed E-state index contributed by atoms with van der Waals surface area (Å²) in [5.41, 5.74) is 2.64. The molecule has 19 heavy (non-hydrogen) atoms. The normalized spacial score (nSPS) is 24.5. The Morgan fingerprint density at radius 2 is 1.95 bits per heavy atom. The van der Waals surface area contributed by atoms with E-state index in [1.807, 2.05) is 56.4 Å². The predicted molar refractivity (Wildman–Crippen MR) is 74.5 cm³/mol. The molecule has 0 saturated heterocycles. The van der Waals surface area contributed by atoms with Crippen LogP contribution in [0.3, 0.4) is 0 Å². The molecule has 1 fully saturated rings. The standard InChI is InChI=1S/C16H18N2O/c1-11-8-14(15(16(11)19)10-18(2)3)13-6-4-12(9-17)5-7-13/h4-7,10-11,14H,8H2,1-3H3/b15-10-/t11-,14-/m0/s1. The molecule has 1 aliphatic carbocycles. The average molecular weight is 254 g/mol. The van der Waals surface area contributed by atoms with Crippen molar-refractivity contribution in [3.63, 3.8) is 0 Å². The van der Waals surface area contributed by atoms with E-state index >= 15 is 0 Å². The van der Waals surface area contributed by atoms with Crippen LogP contribution < -0.4 is 0 Å². The lowest BCUT2D eigenvalue weighted by atomic mass is 9.93. The summed E-state index contributed by atoms with van der Waals surface area (Å²) in [6, 6.07) is 9.66. The number of hydrogen-bond donors (Lipinski definition) is 0. The maximum Gasteiger partial charge on any atom is 0.163 e. The van der Waals surface area contributed by atoms with Crippen molar-refractivity contribution in [1.29, 1.82) is 5.26 Å². The summed E-state index contributed by atoms with van der Waals surface area (Å²) >= 11 is 0. The van der Waals surface area contributed by atoms with Crippen molar-refractivity contribution in [3.05, 3.63) is 47.2 Å². The highest BCUT2D eigenvalue weighted by Crippen LogP contribution is 2.40. The van der Waals surface area contributed by atoms with Crippen molar-refractivity contribution in [1.82, 2.24) is 4.90 Å². The summed E-state index contributed by atoms with van der Waals surface area (Å²) in [7, 11) is 3.86. The first-order valence-corrected chi connectivity index (χ1v) is 6.45. The number of Topliss-reactive ketones (excluding diaryl/α,β-unsaturated/α-hetero) is 1. The first-order chi connectivity index (χ1) is 9.02. The van der Waals surface area contributed by atoms with Crippen LogP contribution in [-0.4, -0.2) is 24.8 Å². The Hall–Kier alpha value is -2.08. The van der Waals surface area contributed by atoms with Gasteiger partial charge in [-0.3, -0.25) is 4.79 Å². The lowest BCUT2D eigenvalue weighted by molar-refractivity contribution is -0.117. The van der Waals surface area contributed by atoms with Crippen molar-refractivity contribution < 1.29 is 4.79 Å². The molecule has 0 aliphatic heterocycles. The molecule has 3 nitrogen and oxygen atoms in total. The van der Waals surface area contributed by atoms with Gasteiger partial charge in [0.1, 0.15) is 0 Å². The monoisotopic (exact) mass is 254 g/mol. The van der Waals surface area contributed by atoms with E-state index in [-0.39, 0.29) is 17.6 Å². The van der Waals surface area contributed by atoms with E-state index in [9.17, 15) is 4.79 Å². The van der Waals surface area contributed by atoms with Gasteiger partial charge in [0, 0.05) is 37.7 Å². The number of allylic oxidation sites excluding steroid dienone is 1. The second-order valence-electron chi connectivity index (χ2n) is 5.34. The largest absolute Gasteiger partial charge is 0.383 e. The quantitative estimate of drug-likeness (QED) is 0.762. The van der Waals surface area contributed by atoms with Gasteiger partial charge in [-0.1, -0.05) is 19.1 Å². The van der Waals surface area contributed by atoms with Gasteiger partial charge in [0.15, 0.2) is 5.78 Å². The maximum absolute atomic E-state index is 12.2. The van der Waals surface area contributed by atoms with Gasteiger partial charge in [-0.2, -0.15) is 5.26 Å². The molecule has 0 amide bonds. The molecule has 98 valence electrons. The molecule has 0 heterocycles. The van der Waals surface area contributed by atoms with Crippen LogP contribution in [-0.2, 0) is 4.79 Å². The summed E-state index contributed by atoms with van der Waals surface area (Å²) in [6.45, 7) is 1.98. The number of hydrogen-bond acceptors (Lipinski definition) is 3. The van der Waals surface area contributed by atoms with Gasteiger partial charge in [0.25, 0.3) is 0 Å². The van der Waals surface area contributed by atoms with Crippen LogP contribution in [0.4, 0.5) is 0 Å². The average Bonchev–Trinajstić information content (AvgIpc) is 2.67. The fourth-order valence-corrected chi connectivity index (χ4v) is 2.58. The van der Waals surface area contributed by atoms with Gasteiger partial charge >= 0.3 is 0 Å². The fourth-order valence-electron chi connectivity index (χ4n) is 2.58. The Kier molecular flexibility index (Phi) is 3.71. The minimum atomic E-state index is 0.0758. The molecule has 0 bridgehead atoms. The third-order valence-electron chi connectivity index (χ3n) is 3.54. The highest BCUT2D eigenvalue weighted by molar-refractivity contribution is 6.00. The number of carbonyl (C=O) groups excluding carboxylic acids is 1. The lowest BCUT2D eigenvalue weighted by Gasteiger charge is -2.14. The summed E-state index contributed by atoms with van der Waals surface area (Å²) < 4.78 is 0. The molecule has 2 atom stereocenters. The summed E-state index contributed by atoms with van der Waals surface area (Å²) in [5, 5.41) is 8.83. The molecule has 0 aromatic heterocycles. The third-order valence-corrected chi connectivity index (χ3v) is 3.54. The van der Waals surface area contributed by atoms with Gasteiger partial charge in [0.05, 0.1) is 11.6 Å². The molecule has 1 saturated carbocycles. The molecule has 1 aromatic rings. The van der Waals surface area contributed by atoms with Crippen LogP contribution in [0.1, 0.15) is 30.4 Å². The Morgan fingerprint density at radius 3 is 2.47 bits per heavy atom. The molecule has 3 heteroatoms. The number of nitriles is 1. The first-order valence-electron chi connectivity index (χ1n) is 6.45. The molecule has 2 rings (SSSR count). The topological polar surface area (TPSA) is 44.1 Å². The molecule has 0 radical (unpaired) electrons. The molecular weight excluding hydrogens is 236 g/mol. The van der Waals surface area contributed by atoms with Crippen molar-refractivity contribution >= 4 is 5.78 Å². The van der Waals surface area contributed by atoms with E-state index in [1.54, 1.807) is 0 Å². The van der Waals surface area contributed by atoms with Gasteiger partial charge in [-0.05, 0) is 24.1 Å². The molecule has 0 spiro atoms. The summed E-state index contributed by atoms with van der Waals surface area (Å²) in [4.78, 5) is 14.1. The van der Waals surface area contributed by atoms with Crippen LogP contribution >= 0.6 is 0 Å². The SMILES string of the molecule is C[C@H]1C[C@@H](c2ccc(C#N)cc2)/C(=C/N(C)C)C1=O. The molecule has 0 N–H and O–H groups in total. The minimum Gasteiger partial charge on any atom is -0.383 e. The van der Waals surface area contributed by atoms with Crippen LogP contribution in [0.2, 0.25) is 0 Å². The Bertz CT molecular complexity index is 549. The number of benzene rings is 1. The van der Waals surface area contributed by atoms with Crippen LogP contribution in [0.25, 0.3) is 0 Å². The van der Waals surface area contributed by atoms with Crippen LogP contribution in [0, 0.1) is 17.2 Å². The summed E-state index contributed by atoms with van der Waals surface area (Å²) in [5.74, 6) is 0.465. The molecule has 1 aliphatic rings. The van der Waals surface area contributed by atoms with Crippen molar-refractivity contribution in [2.75, 3.05) is 14.1 Å². The van der Waals surface area contributed by atoms with E-state index in [2.05, 4.69) is 6.07 Å². The zero-order valence-electron chi connectivity index (χ0n) is 11.6. The highest BCUT2D eigenvalue weighted by atomic mass is 16.1. The molecule has 1 aromatic carbocycles. The number of rotatable bonds is 2. The Labute approximate surface area is 114 Å². The number of nitrogens with zero attached hydrogens (tertiary/aromatic N) is 2. The fraction of sp³-hybridized carbons (Fsp3) is 0.375. The van der Waals surface area contributed by atoms with Gasteiger partial charge in [-0.15, -0.1) is 0 Å². The van der Waals surface area contributed by atoms with Gasteiger partial charge < -0.3 is 4.90 Å². The predicted octanol–water partition coefficient (Wildman–Crippen LogP) is 2.70. The lowest BCUT2D eigenvalue weighted by Crippen LogP contribution is -2.10. The van der Waals surface area contributed by atoms with Crippen molar-refractivity contribution in [3.8, 4) is 6.07 Å². The van der Waals surface area contributed by atoms with E-state index in [0.29, 0.717) is 5.56 Å². The first kappa shape index (κ1) is 13.4. The molecular formula is C16H18N2O. The van der Waals surface area contributed by atoms with Crippen molar-refractivity contribution in [2.45, 2.75) is 19.3 Å². The smallest absolute Gasteiger partial charge is 0.163 e. The second kappa shape index (κ2) is 5.27. The van der Waals surface area contributed by atoms with Gasteiger partial charge in [0.2, 0.25) is 0 Å². The second-order valence-corrected chi connectivity index (χ2v) is 5.34. The van der Waals surface area contributed by atoms with Gasteiger partial charge in [-0.25, -0.2) is 0 Å². The van der Waals surface area contributed by atoms with E-state index in [1.165, 1.54) is 0 Å². The maximum atomic E-state index is 12.2.